The van der Waals surface area contributed by atoms with E-state index < -0.39 is 16.9 Å². The quantitative estimate of drug-likeness (QED) is 0.214. The summed E-state index contributed by atoms with van der Waals surface area (Å²) in [6.45, 7) is 1.69. The molecule has 37 heavy (non-hydrogen) atoms. The minimum absolute atomic E-state index is 0.0865. The molecule has 1 atom stereocenters. The Morgan fingerprint density at radius 2 is 1.92 bits per heavy atom. The van der Waals surface area contributed by atoms with Crippen LogP contribution in [0.2, 0.25) is 5.02 Å². The van der Waals surface area contributed by atoms with E-state index in [-0.39, 0.29) is 16.8 Å². The molecule has 5 rings (SSSR count). The molecule has 9 nitrogen and oxygen atoms in total. The summed E-state index contributed by atoms with van der Waals surface area (Å²) < 4.78 is 12.6. The first kappa shape index (κ1) is 24.4. The smallest absolute Gasteiger partial charge is 0.338 e. The van der Waals surface area contributed by atoms with Crippen LogP contribution in [0.3, 0.4) is 0 Å². The average molecular weight is 536 g/mol. The third kappa shape index (κ3) is 4.41. The molecule has 3 heterocycles. The third-order valence-electron chi connectivity index (χ3n) is 5.88. The zero-order valence-electron chi connectivity index (χ0n) is 19.5. The highest BCUT2D eigenvalue weighted by Gasteiger charge is 2.33. The van der Waals surface area contributed by atoms with E-state index in [1.165, 1.54) is 17.7 Å². The van der Waals surface area contributed by atoms with E-state index >= 15 is 0 Å². The number of fused-ring (bicyclic) bond motifs is 1. The van der Waals surface area contributed by atoms with E-state index in [0.29, 0.717) is 42.7 Å². The van der Waals surface area contributed by atoms with Crippen molar-refractivity contribution in [2.75, 3.05) is 7.11 Å². The van der Waals surface area contributed by atoms with Gasteiger partial charge in [0.05, 0.1) is 39.4 Å². The van der Waals surface area contributed by atoms with Crippen LogP contribution >= 0.6 is 22.9 Å². The van der Waals surface area contributed by atoms with Gasteiger partial charge in [-0.3, -0.25) is 19.5 Å². The van der Waals surface area contributed by atoms with Crippen molar-refractivity contribution in [2.24, 2.45) is 4.99 Å². The van der Waals surface area contributed by atoms with Crippen LogP contribution in [0.15, 0.2) is 86.1 Å². The fraction of sp³-hybridized carbons (Fsp3) is 0.115. The highest BCUT2D eigenvalue weighted by Crippen LogP contribution is 2.32. The second-order valence-electron chi connectivity index (χ2n) is 8.10. The van der Waals surface area contributed by atoms with Crippen LogP contribution in [0.25, 0.3) is 17.4 Å². The van der Waals surface area contributed by atoms with Gasteiger partial charge >= 0.3 is 5.97 Å². The Hall–Kier alpha value is -4.28. The minimum Gasteiger partial charge on any atom is -0.466 e. The molecule has 2 aromatic carbocycles. The fourth-order valence-corrected chi connectivity index (χ4v) is 5.35. The first-order valence-electron chi connectivity index (χ1n) is 11.0. The Balaban J connectivity index is 1.64. The summed E-state index contributed by atoms with van der Waals surface area (Å²) in [5, 5.41) is 11.9. The third-order valence-corrected chi connectivity index (χ3v) is 7.11. The number of furan rings is 1. The average Bonchev–Trinajstić information content (AvgIpc) is 3.47. The maximum Gasteiger partial charge on any atom is 0.338 e. The van der Waals surface area contributed by atoms with Crippen molar-refractivity contribution in [1.82, 2.24) is 4.57 Å². The number of aromatic nitrogens is 1. The van der Waals surface area contributed by atoms with Crippen molar-refractivity contribution in [3.63, 3.8) is 0 Å². The lowest BCUT2D eigenvalue weighted by molar-refractivity contribution is -0.384. The standard InChI is InChI=1S/C26H18ClN3O6S/c1-14-22(25(32)35-2)23(15-7-9-16(27)10-8-15)29-24(31)21(37-26(29)28-14)13-17-11-12-20(36-17)18-5-3-4-6-19(18)30(33)34/h3-13,23H,1-2H3/b21-13-/t23-/m1/s1. The number of carbonyl (C=O) groups excluding carboxylic acids is 1. The Bertz CT molecular complexity index is 1760. The van der Waals surface area contributed by atoms with Crippen LogP contribution in [0.4, 0.5) is 5.69 Å². The molecule has 186 valence electrons. The van der Waals surface area contributed by atoms with E-state index in [1.54, 1.807) is 67.6 Å². The van der Waals surface area contributed by atoms with Crippen molar-refractivity contribution < 1.29 is 18.9 Å². The molecule has 0 bridgehead atoms. The van der Waals surface area contributed by atoms with Gasteiger partial charge in [0, 0.05) is 17.2 Å². The number of ether oxygens (including phenoxy) is 1. The summed E-state index contributed by atoms with van der Waals surface area (Å²) in [6, 6.07) is 15.6. The molecule has 0 saturated heterocycles. The summed E-state index contributed by atoms with van der Waals surface area (Å²) in [5.41, 5.74) is 1.23. The van der Waals surface area contributed by atoms with Crippen molar-refractivity contribution in [2.45, 2.75) is 13.0 Å². The van der Waals surface area contributed by atoms with Gasteiger partial charge in [0.25, 0.3) is 11.2 Å². The number of hydrogen-bond acceptors (Lipinski definition) is 8. The van der Waals surface area contributed by atoms with Gasteiger partial charge in [0.1, 0.15) is 11.5 Å². The SMILES string of the molecule is COC(=O)C1=C(C)N=c2s/c(=C\c3ccc(-c4ccccc4[N+](=O)[O-])o3)c(=O)n2[C@@H]1c1ccc(Cl)cc1. The largest absolute Gasteiger partial charge is 0.466 e. The highest BCUT2D eigenvalue weighted by atomic mass is 35.5. The van der Waals surface area contributed by atoms with Gasteiger partial charge in [-0.05, 0) is 42.8 Å². The molecule has 1 aliphatic heterocycles. The van der Waals surface area contributed by atoms with E-state index in [0.717, 1.165) is 11.3 Å². The summed E-state index contributed by atoms with van der Waals surface area (Å²) in [7, 11) is 1.28. The number of carbonyl (C=O) groups is 1. The van der Waals surface area contributed by atoms with E-state index in [1.807, 2.05) is 0 Å². The normalized spacial score (nSPS) is 15.3. The zero-order chi connectivity index (χ0) is 26.3. The number of hydrogen-bond donors (Lipinski definition) is 0. The Morgan fingerprint density at radius 1 is 1.19 bits per heavy atom. The van der Waals surface area contributed by atoms with Crippen molar-refractivity contribution in [3.05, 3.63) is 118 Å². The summed E-state index contributed by atoms with van der Waals surface area (Å²) in [4.78, 5) is 42.1. The molecule has 0 unspecified atom stereocenters. The van der Waals surface area contributed by atoms with E-state index in [2.05, 4.69) is 4.99 Å². The van der Waals surface area contributed by atoms with Gasteiger partial charge in [0.2, 0.25) is 0 Å². The molecule has 11 heteroatoms. The number of nitro groups is 1. The second kappa shape index (κ2) is 9.64. The Kier molecular flexibility index (Phi) is 6.36. The van der Waals surface area contributed by atoms with Crippen LogP contribution in [0.1, 0.15) is 24.3 Å². The maximum atomic E-state index is 13.6. The van der Waals surface area contributed by atoms with Crippen molar-refractivity contribution in [1.29, 1.82) is 0 Å². The number of methoxy groups -OCH3 is 1. The first-order valence-corrected chi connectivity index (χ1v) is 12.2. The predicted octanol–water partition coefficient (Wildman–Crippen LogP) is 4.23. The highest BCUT2D eigenvalue weighted by molar-refractivity contribution is 7.07. The predicted molar refractivity (Wildman–Crippen MR) is 138 cm³/mol. The minimum atomic E-state index is -0.762. The number of thiazole rings is 1. The first-order chi connectivity index (χ1) is 17.8. The summed E-state index contributed by atoms with van der Waals surface area (Å²) >= 11 is 7.21. The molecule has 0 saturated carbocycles. The van der Waals surface area contributed by atoms with E-state index in [9.17, 15) is 19.7 Å². The second-order valence-corrected chi connectivity index (χ2v) is 9.55. The van der Waals surface area contributed by atoms with Crippen LogP contribution in [0, 0.1) is 10.1 Å². The lowest BCUT2D eigenvalue weighted by atomic mass is 9.96. The van der Waals surface area contributed by atoms with Gasteiger partial charge in [-0.1, -0.05) is 47.2 Å². The zero-order valence-corrected chi connectivity index (χ0v) is 21.1. The lowest BCUT2D eigenvalue weighted by Gasteiger charge is -2.24. The Labute approximate surface area is 218 Å². The molecule has 1 aliphatic rings. The molecule has 4 aromatic rings. The molecular formula is C26H18ClN3O6S. The van der Waals surface area contributed by atoms with Gasteiger partial charge in [-0.15, -0.1) is 0 Å². The number of benzene rings is 2. The van der Waals surface area contributed by atoms with E-state index in [4.69, 9.17) is 20.8 Å². The fourth-order valence-electron chi connectivity index (χ4n) is 4.20. The topological polar surface area (TPSA) is 117 Å². The molecule has 0 aliphatic carbocycles. The van der Waals surface area contributed by atoms with Crippen molar-refractivity contribution in [3.8, 4) is 11.3 Å². The van der Waals surface area contributed by atoms with Crippen LogP contribution < -0.4 is 14.9 Å². The molecule has 0 N–H and O–H groups in total. The number of rotatable bonds is 5. The molecule has 0 spiro atoms. The molecule has 0 fully saturated rings. The molecule has 0 radical (unpaired) electrons. The van der Waals surface area contributed by atoms with Gasteiger partial charge in [-0.25, -0.2) is 9.79 Å². The number of allylic oxidation sites excluding steroid dienone is 1. The van der Waals surface area contributed by atoms with Crippen molar-refractivity contribution >= 4 is 40.7 Å². The summed E-state index contributed by atoms with van der Waals surface area (Å²) in [5.74, 6) is 0.0511. The van der Waals surface area contributed by atoms with Gasteiger partial charge in [0.15, 0.2) is 4.80 Å². The molecular weight excluding hydrogens is 518 g/mol. The van der Waals surface area contributed by atoms with Gasteiger partial charge < -0.3 is 9.15 Å². The van der Waals surface area contributed by atoms with Gasteiger partial charge in [-0.2, -0.15) is 0 Å². The maximum absolute atomic E-state index is 13.6. The lowest BCUT2D eigenvalue weighted by Crippen LogP contribution is -2.39. The Morgan fingerprint density at radius 3 is 2.62 bits per heavy atom. The van der Waals surface area contributed by atoms with Crippen LogP contribution in [0.5, 0.6) is 0 Å². The van der Waals surface area contributed by atoms with Crippen LogP contribution in [-0.2, 0) is 9.53 Å². The number of nitrogens with zero attached hydrogens (tertiary/aromatic N) is 3. The number of halogens is 1. The molecule has 0 amide bonds. The monoisotopic (exact) mass is 535 g/mol. The van der Waals surface area contributed by atoms with Crippen LogP contribution in [-0.4, -0.2) is 22.6 Å². The number of esters is 1. The summed E-state index contributed by atoms with van der Waals surface area (Å²) in [6.07, 6.45) is 1.55. The number of nitro benzene ring substituents is 1. The number of para-hydroxylation sites is 1. The molecule has 2 aromatic heterocycles.